The number of aromatic nitrogens is 2. The van der Waals surface area contributed by atoms with E-state index in [1.807, 2.05) is 42.5 Å². The van der Waals surface area contributed by atoms with Crippen molar-refractivity contribution in [3.8, 4) is 5.69 Å². The Balaban J connectivity index is 1.20. The van der Waals surface area contributed by atoms with E-state index in [1.54, 1.807) is 35.0 Å². The van der Waals surface area contributed by atoms with E-state index in [0.717, 1.165) is 37.7 Å². The Morgan fingerprint density at radius 1 is 1.00 bits per heavy atom. The molecule has 8 rings (SSSR count). The van der Waals surface area contributed by atoms with E-state index in [1.165, 1.54) is 7.11 Å². The van der Waals surface area contributed by atoms with Gasteiger partial charge in [-0.25, -0.2) is 9.78 Å². The van der Waals surface area contributed by atoms with E-state index in [9.17, 15) is 19.5 Å². The van der Waals surface area contributed by atoms with Crippen LogP contribution >= 0.6 is 0 Å². The molecule has 4 aromatic rings. The molecule has 0 saturated heterocycles. The van der Waals surface area contributed by atoms with Gasteiger partial charge in [0, 0.05) is 35.5 Å². The van der Waals surface area contributed by atoms with Gasteiger partial charge in [0.1, 0.15) is 11.3 Å². The van der Waals surface area contributed by atoms with Gasteiger partial charge in [-0.3, -0.25) is 14.2 Å². The maximum atomic E-state index is 13.8. The first-order chi connectivity index (χ1) is 20.3. The van der Waals surface area contributed by atoms with Gasteiger partial charge >= 0.3 is 5.97 Å². The van der Waals surface area contributed by atoms with Crippen molar-refractivity contribution in [2.75, 3.05) is 7.11 Å². The Morgan fingerprint density at radius 2 is 1.71 bits per heavy atom. The Morgan fingerprint density at radius 3 is 2.38 bits per heavy atom. The first-order valence-electron chi connectivity index (χ1n) is 14.6. The summed E-state index contributed by atoms with van der Waals surface area (Å²) in [5.74, 6) is 0.484. The van der Waals surface area contributed by atoms with E-state index in [2.05, 4.69) is 10.3 Å². The molecule has 0 spiro atoms. The van der Waals surface area contributed by atoms with Gasteiger partial charge in [0.05, 0.1) is 18.1 Å². The Bertz CT molecular complexity index is 1730. The number of hydrogen-bond donors (Lipinski definition) is 2. The highest BCUT2D eigenvalue weighted by molar-refractivity contribution is 5.95. The Kier molecular flexibility index (Phi) is 6.46. The molecule has 2 N–H and O–H groups in total. The summed E-state index contributed by atoms with van der Waals surface area (Å²) in [4.78, 5) is 44.7. The maximum Gasteiger partial charge on any atom is 0.355 e. The summed E-state index contributed by atoms with van der Waals surface area (Å²) in [7, 11) is 1.30. The number of methoxy groups -OCH3 is 1. The van der Waals surface area contributed by atoms with Crippen LogP contribution in [0.3, 0.4) is 0 Å². The summed E-state index contributed by atoms with van der Waals surface area (Å²) in [5.41, 5.74) is 2.00. The van der Waals surface area contributed by atoms with Crippen LogP contribution in [0.25, 0.3) is 16.7 Å². The predicted molar refractivity (Wildman–Crippen MR) is 158 cm³/mol. The minimum Gasteiger partial charge on any atom is -0.464 e. The molecule has 2 aromatic carbocycles. The number of esters is 1. The molecule has 4 aliphatic carbocycles. The number of benzene rings is 2. The van der Waals surface area contributed by atoms with Gasteiger partial charge in [-0.15, -0.1) is 0 Å². The smallest absolute Gasteiger partial charge is 0.355 e. The Hall–Kier alpha value is -4.30. The van der Waals surface area contributed by atoms with Crippen molar-refractivity contribution in [2.45, 2.75) is 50.2 Å². The predicted octanol–water partition coefficient (Wildman–Crippen LogP) is 4.43. The standard InChI is InChI=1S/C34H33N3O5/c1-42-33(40)29-27(30(38)26-8-5-13-35-31(26)37(29)25-6-3-2-4-7-25)16-20-9-11-22(12-10-20)32(39)36-28-23-14-21-15-24(28)19-34(41,17-21)18-23/h2-13,21,23-24,28,41H,14-19H2,1H3,(H,36,39)/t21?,23-,24+,28?,34?. The lowest BCUT2D eigenvalue weighted by Gasteiger charge is -2.58. The second-order valence-electron chi connectivity index (χ2n) is 12.3. The van der Waals surface area contributed by atoms with Crippen LogP contribution in [0.5, 0.6) is 0 Å². The van der Waals surface area contributed by atoms with Crippen molar-refractivity contribution >= 4 is 22.9 Å². The van der Waals surface area contributed by atoms with Crippen LogP contribution in [-0.4, -0.2) is 45.3 Å². The third-order valence-corrected chi connectivity index (χ3v) is 9.56. The van der Waals surface area contributed by atoms with E-state index in [-0.39, 0.29) is 29.5 Å². The quantitative estimate of drug-likeness (QED) is 0.336. The van der Waals surface area contributed by atoms with Crippen LogP contribution in [0.1, 0.15) is 64.1 Å². The number of fused-ring (bicyclic) bond motifs is 1. The molecule has 4 bridgehead atoms. The summed E-state index contributed by atoms with van der Waals surface area (Å²) >= 11 is 0. The van der Waals surface area contributed by atoms with Gasteiger partial charge in [-0.05, 0) is 91.8 Å². The third-order valence-electron chi connectivity index (χ3n) is 9.56. The molecule has 8 nitrogen and oxygen atoms in total. The van der Waals surface area contributed by atoms with E-state index in [4.69, 9.17) is 4.74 Å². The van der Waals surface area contributed by atoms with Gasteiger partial charge in [0.25, 0.3) is 5.91 Å². The van der Waals surface area contributed by atoms with Crippen LogP contribution in [0, 0.1) is 17.8 Å². The zero-order valence-corrected chi connectivity index (χ0v) is 23.5. The molecule has 2 aromatic heterocycles. The molecule has 0 aliphatic heterocycles. The number of rotatable bonds is 6. The highest BCUT2D eigenvalue weighted by Crippen LogP contribution is 2.55. The lowest BCUT2D eigenvalue weighted by atomic mass is 9.52. The van der Waals surface area contributed by atoms with E-state index < -0.39 is 11.6 Å². The number of carbonyl (C=O) groups is 2. The number of ether oxygens (including phenoxy) is 1. The number of aliphatic hydroxyl groups is 1. The molecule has 0 radical (unpaired) electrons. The summed E-state index contributed by atoms with van der Waals surface area (Å²) < 4.78 is 6.84. The average molecular weight is 564 g/mol. The van der Waals surface area contributed by atoms with E-state index in [0.29, 0.717) is 45.6 Å². The minimum atomic E-state index is -0.630. The molecule has 8 heteroatoms. The topological polar surface area (TPSA) is 111 Å². The molecular weight excluding hydrogens is 530 g/mol. The number of amides is 1. The van der Waals surface area contributed by atoms with Gasteiger partial charge in [-0.1, -0.05) is 30.3 Å². The van der Waals surface area contributed by atoms with Crippen molar-refractivity contribution in [3.63, 3.8) is 0 Å². The first-order valence-corrected chi connectivity index (χ1v) is 14.6. The molecule has 4 aliphatic rings. The number of nitrogens with one attached hydrogen (secondary N) is 1. The Labute approximate surface area is 243 Å². The lowest BCUT2D eigenvalue weighted by Crippen LogP contribution is -2.61. The molecule has 3 unspecified atom stereocenters. The molecule has 2 heterocycles. The molecule has 42 heavy (non-hydrogen) atoms. The van der Waals surface area contributed by atoms with Crippen LogP contribution in [0.2, 0.25) is 0 Å². The lowest BCUT2D eigenvalue weighted by molar-refractivity contribution is -0.136. The number of pyridine rings is 2. The second kappa shape index (κ2) is 10.2. The van der Waals surface area contributed by atoms with Crippen LogP contribution in [0.4, 0.5) is 0 Å². The first kappa shape index (κ1) is 26.6. The van der Waals surface area contributed by atoms with Gasteiger partial charge in [0.2, 0.25) is 0 Å². The third kappa shape index (κ3) is 4.50. The molecule has 5 atom stereocenters. The normalized spacial score (nSPS) is 25.9. The summed E-state index contributed by atoms with van der Waals surface area (Å²) in [6, 6.07) is 20.0. The van der Waals surface area contributed by atoms with Gasteiger partial charge in [-0.2, -0.15) is 0 Å². The number of carbonyl (C=O) groups excluding carboxylic acids is 2. The maximum absolute atomic E-state index is 13.8. The summed E-state index contributed by atoms with van der Waals surface area (Å²) in [6.45, 7) is 0. The number of hydrogen-bond acceptors (Lipinski definition) is 6. The number of para-hydroxylation sites is 1. The van der Waals surface area contributed by atoms with Crippen molar-refractivity contribution < 1.29 is 19.4 Å². The fourth-order valence-corrected chi connectivity index (χ4v) is 8.00. The molecule has 4 saturated carbocycles. The molecular formula is C34H33N3O5. The van der Waals surface area contributed by atoms with E-state index >= 15 is 0 Å². The summed E-state index contributed by atoms with van der Waals surface area (Å²) in [5, 5.41) is 14.6. The van der Waals surface area contributed by atoms with Crippen LogP contribution in [-0.2, 0) is 11.2 Å². The van der Waals surface area contributed by atoms with Crippen molar-refractivity contribution in [1.82, 2.24) is 14.9 Å². The second-order valence-corrected chi connectivity index (χ2v) is 12.3. The highest BCUT2D eigenvalue weighted by Gasteiger charge is 2.55. The van der Waals surface area contributed by atoms with Crippen LogP contribution < -0.4 is 10.7 Å². The zero-order valence-electron chi connectivity index (χ0n) is 23.5. The average Bonchev–Trinajstić information content (AvgIpc) is 2.99. The van der Waals surface area contributed by atoms with Crippen molar-refractivity contribution in [1.29, 1.82) is 0 Å². The zero-order chi connectivity index (χ0) is 29.0. The fraction of sp³-hybridized carbons (Fsp3) is 0.353. The van der Waals surface area contributed by atoms with Gasteiger partial charge in [0.15, 0.2) is 5.43 Å². The van der Waals surface area contributed by atoms with Crippen LogP contribution in [0.15, 0.2) is 77.7 Å². The summed E-state index contributed by atoms with van der Waals surface area (Å²) in [6.07, 6.45) is 6.37. The largest absolute Gasteiger partial charge is 0.464 e. The molecule has 1 amide bonds. The highest BCUT2D eigenvalue weighted by atomic mass is 16.5. The minimum absolute atomic E-state index is 0.0966. The molecule has 4 fully saturated rings. The van der Waals surface area contributed by atoms with Crippen molar-refractivity contribution in [2.24, 2.45) is 17.8 Å². The monoisotopic (exact) mass is 563 g/mol. The fourth-order valence-electron chi connectivity index (χ4n) is 8.00. The van der Waals surface area contributed by atoms with Crippen molar-refractivity contribution in [3.05, 3.63) is 106 Å². The SMILES string of the molecule is COC(=O)c1c(Cc2ccc(C(=O)NC3[C@@H]4CC5C[C@H]3CC(O)(C5)C4)cc2)c(=O)c2cccnc2n1-c1ccccc1. The van der Waals surface area contributed by atoms with Gasteiger partial charge < -0.3 is 15.2 Å². The number of nitrogens with zero attached hydrogens (tertiary/aromatic N) is 2. The molecule has 214 valence electrons.